The highest BCUT2D eigenvalue weighted by molar-refractivity contribution is 8.00. The van der Waals surface area contributed by atoms with Crippen LogP contribution in [-0.4, -0.2) is 22.9 Å². The molecule has 2 amide bonds. The number of carboxylic acids is 1. The summed E-state index contributed by atoms with van der Waals surface area (Å²) < 4.78 is 0. The minimum Gasteiger partial charge on any atom is -0.478 e. The molecule has 6 nitrogen and oxygen atoms in total. The van der Waals surface area contributed by atoms with Crippen LogP contribution in [0.4, 0.5) is 11.4 Å². The molecule has 4 aromatic rings. The van der Waals surface area contributed by atoms with E-state index < -0.39 is 17.1 Å². The summed E-state index contributed by atoms with van der Waals surface area (Å²) in [6.45, 7) is 1.99. The van der Waals surface area contributed by atoms with Crippen LogP contribution < -0.4 is 10.6 Å². The molecule has 1 atom stereocenters. The largest absolute Gasteiger partial charge is 0.478 e. The summed E-state index contributed by atoms with van der Waals surface area (Å²) in [6.07, 6.45) is 0. The zero-order valence-corrected chi connectivity index (χ0v) is 20.3. The van der Waals surface area contributed by atoms with Crippen LogP contribution in [0.3, 0.4) is 0 Å². The van der Waals surface area contributed by atoms with Gasteiger partial charge in [0.25, 0.3) is 5.91 Å². The molecule has 36 heavy (non-hydrogen) atoms. The molecule has 0 aromatic heterocycles. The Morgan fingerprint density at radius 2 is 1.25 bits per heavy atom. The van der Waals surface area contributed by atoms with Crippen molar-refractivity contribution in [3.8, 4) is 0 Å². The van der Waals surface area contributed by atoms with Gasteiger partial charge in [0.1, 0.15) is 5.25 Å². The summed E-state index contributed by atoms with van der Waals surface area (Å²) >= 11 is 1.40. The van der Waals surface area contributed by atoms with E-state index in [9.17, 15) is 19.5 Å². The number of carboxylic acid groups (broad SMARTS) is 1. The third kappa shape index (κ3) is 6.20. The second-order valence-electron chi connectivity index (χ2n) is 8.09. The Hall–Kier alpha value is -4.36. The van der Waals surface area contributed by atoms with Crippen LogP contribution in [0.2, 0.25) is 0 Å². The maximum Gasteiger partial charge on any atom is 0.336 e. The molecule has 0 heterocycles. The number of nitrogens with one attached hydrogen (secondary N) is 2. The first-order chi connectivity index (χ1) is 17.4. The van der Waals surface area contributed by atoms with Gasteiger partial charge < -0.3 is 15.7 Å². The van der Waals surface area contributed by atoms with Gasteiger partial charge in [-0.3, -0.25) is 9.59 Å². The molecule has 3 N–H and O–H groups in total. The molecule has 0 bridgehead atoms. The Morgan fingerprint density at radius 3 is 1.89 bits per heavy atom. The predicted octanol–water partition coefficient (Wildman–Crippen LogP) is 6.42. The maximum atomic E-state index is 13.2. The number of carbonyl (C=O) groups excluding carboxylic acids is 2. The van der Waals surface area contributed by atoms with E-state index >= 15 is 0 Å². The normalized spacial score (nSPS) is 11.4. The number of thioether (sulfide) groups is 1. The standard InChI is InChI=1S/C29H24N2O4S/c1-19-11-13-21(14-12-19)31-28(33)26(20-7-3-2-4-8-20)36-23-17-15-22(16-18-23)30-27(32)24-9-5-6-10-25(24)29(34)35/h2-18,26H,1H3,(H,30,32)(H,31,33)(H,34,35). The maximum absolute atomic E-state index is 13.2. The molecule has 0 radical (unpaired) electrons. The molecule has 0 aliphatic carbocycles. The van der Waals surface area contributed by atoms with Gasteiger partial charge in [0.05, 0.1) is 11.1 Å². The van der Waals surface area contributed by atoms with E-state index in [2.05, 4.69) is 10.6 Å². The zero-order valence-electron chi connectivity index (χ0n) is 19.5. The van der Waals surface area contributed by atoms with Crippen molar-refractivity contribution in [3.63, 3.8) is 0 Å². The zero-order chi connectivity index (χ0) is 25.5. The first-order valence-corrected chi connectivity index (χ1v) is 12.1. The molecule has 0 saturated heterocycles. The number of aryl methyl sites for hydroxylation is 1. The van der Waals surface area contributed by atoms with Crippen LogP contribution >= 0.6 is 11.8 Å². The van der Waals surface area contributed by atoms with Crippen LogP contribution in [-0.2, 0) is 4.79 Å². The first-order valence-electron chi connectivity index (χ1n) is 11.2. The number of benzene rings is 4. The van der Waals surface area contributed by atoms with Crippen molar-refractivity contribution in [1.29, 1.82) is 0 Å². The van der Waals surface area contributed by atoms with Crippen molar-refractivity contribution in [2.45, 2.75) is 17.1 Å². The molecule has 180 valence electrons. The van der Waals surface area contributed by atoms with E-state index in [1.54, 1.807) is 24.3 Å². The van der Waals surface area contributed by atoms with Crippen molar-refractivity contribution in [2.75, 3.05) is 10.6 Å². The molecule has 0 aliphatic heterocycles. The first kappa shape index (κ1) is 24.8. The number of hydrogen-bond acceptors (Lipinski definition) is 4. The molecular weight excluding hydrogens is 472 g/mol. The fraction of sp³-hybridized carbons (Fsp3) is 0.0690. The summed E-state index contributed by atoms with van der Waals surface area (Å²) in [4.78, 5) is 38.1. The van der Waals surface area contributed by atoms with E-state index in [0.29, 0.717) is 5.69 Å². The van der Waals surface area contributed by atoms with E-state index in [0.717, 1.165) is 21.7 Å². The Bertz CT molecular complexity index is 1370. The monoisotopic (exact) mass is 496 g/mol. The topological polar surface area (TPSA) is 95.5 Å². The Morgan fingerprint density at radius 1 is 0.694 bits per heavy atom. The van der Waals surface area contributed by atoms with Crippen molar-refractivity contribution < 1.29 is 19.5 Å². The lowest BCUT2D eigenvalue weighted by Crippen LogP contribution is -2.19. The third-order valence-corrected chi connectivity index (χ3v) is 6.69. The molecule has 1 unspecified atom stereocenters. The van der Waals surface area contributed by atoms with Crippen molar-refractivity contribution >= 4 is 40.9 Å². The van der Waals surface area contributed by atoms with Gasteiger partial charge in [-0.05, 0) is 61.0 Å². The van der Waals surface area contributed by atoms with Gasteiger partial charge in [0, 0.05) is 16.3 Å². The number of rotatable bonds is 8. The SMILES string of the molecule is Cc1ccc(NC(=O)C(Sc2ccc(NC(=O)c3ccccc3C(=O)O)cc2)c2ccccc2)cc1. The number of carbonyl (C=O) groups is 3. The van der Waals surface area contributed by atoms with Gasteiger partial charge in [0.2, 0.25) is 5.91 Å². The second kappa shape index (κ2) is 11.4. The average Bonchev–Trinajstić information content (AvgIpc) is 2.90. The Balaban J connectivity index is 1.49. The number of amides is 2. The minimum absolute atomic E-state index is 0.0625. The second-order valence-corrected chi connectivity index (χ2v) is 9.27. The van der Waals surface area contributed by atoms with Gasteiger partial charge in [0.15, 0.2) is 0 Å². The molecule has 4 rings (SSSR count). The molecular formula is C29H24N2O4S. The van der Waals surface area contributed by atoms with E-state index in [-0.39, 0.29) is 17.0 Å². The molecule has 7 heteroatoms. The van der Waals surface area contributed by atoms with Crippen LogP contribution in [0, 0.1) is 6.92 Å². The Labute approximate surface area is 213 Å². The van der Waals surface area contributed by atoms with Crippen molar-refractivity contribution in [2.24, 2.45) is 0 Å². The Kier molecular flexibility index (Phi) is 7.82. The van der Waals surface area contributed by atoms with Gasteiger partial charge in [-0.25, -0.2) is 4.79 Å². The molecule has 0 fully saturated rings. The van der Waals surface area contributed by atoms with E-state index in [1.165, 1.54) is 23.9 Å². The van der Waals surface area contributed by atoms with Gasteiger partial charge in [-0.2, -0.15) is 0 Å². The molecule has 0 aliphatic rings. The van der Waals surface area contributed by atoms with E-state index in [4.69, 9.17) is 0 Å². The molecule has 4 aromatic carbocycles. The highest BCUT2D eigenvalue weighted by Gasteiger charge is 2.22. The average molecular weight is 497 g/mol. The number of hydrogen-bond donors (Lipinski definition) is 3. The highest BCUT2D eigenvalue weighted by atomic mass is 32.2. The lowest BCUT2D eigenvalue weighted by atomic mass is 10.1. The van der Waals surface area contributed by atoms with Crippen molar-refractivity contribution in [1.82, 2.24) is 0 Å². The number of anilines is 2. The summed E-state index contributed by atoms with van der Waals surface area (Å²) in [5, 5.41) is 14.6. The molecule has 0 saturated carbocycles. The van der Waals surface area contributed by atoms with Gasteiger partial charge in [-0.1, -0.05) is 60.2 Å². The van der Waals surface area contributed by atoms with Crippen LogP contribution in [0.15, 0.2) is 108 Å². The summed E-state index contributed by atoms with van der Waals surface area (Å²) in [5.41, 5.74) is 3.25. The van der Waals surface area contributed by atoms with E-state index in [1.807, 2.05) is 73.7 Å². The van der Waals surface area contributed by atoms with Gasteiger partial charge >= 0.3 is 5.97 Å². The summed E-state index contributed by atoms with van der Waals surface area (Å²) in [5.74, 6) is -1.81. The van der Waals surface area contributed by atoms with Crippen molar-refractivity contribution in [3.05, 3.63) is 125 Å². The smallest absolute Gasteiger partial charge is 0.336 e. The van der Waals surface area contributed by atoms with Crippen LogP contribution in [0.5, 0.6) is 0 Å². The predicted molar refractivity (Wildman–Crippen MR) is 143 cm³/mol. The lowest BCUT2D eigenvalue weighted by Gasteiger charge is -2.17. The minimum atomic E-state index is -1.16. The lowest BCUT2D eigenvalue weighted by molar-refractivity contribution is -0.115. The van der Waals surface area contributed by atoms with Crippen LogP contribution in [0.25, 0.3) is 0 Å². The fourth-order valence-electron chi connectivity index (χ4n) is 3.56. The summed E-state index contributed by atoms with van der Waals surface area (Å²) in [7, 11) is 0. The quantitative estimate of drug-likeness (QED) is 0.245. The van der Waals surface area contributed by atoms with Gasteiger partial charge in [-0.15, -0.1) is 11.8 Å². The van der Waals surface area contributed by atoms with Crippen LogP contribution in [0.1, 0.15) is 37.1 Å². The highest BCUT2D eigenvalue weighted by Crippen LogP contribution is 2.36. The summed E-state index contributed by atoms with van der Waals surface area (Å²) in [6, 6.07) is 30.3. The fourth-order valence-corrected chi connectivity index (χ4v) is 4.59. The number of aromatic carboxylic acids is 1. The molecule has 0 spiro atoms. The third-order valence-electron chi connectivity index (χ3n) is 5.43.